The van der Waals surface area contributed by atoms with Crippen LogP contribution in [0.25, 0.3) is 0 Å². The highest BCUT2D eigenvalue weighted by Crippen LogP contribution is 2.14. The van der Waals surface area contributed by atoms with E-state index < -0.39 is 28.8 Å². The second-order valence-corrected chi connectivity index (χ2v) is 6.16. The van der Waals surface area contributed by atoms with Crippen molar-refractivity contribution in [2.45, 2.75) is 30.7 Å². The molecule has 18 heavy (non-hydrogen) atoms. The lowest BCUT2D eigenvalue weighted by Crippen LogP contribution is -2.51. The summed E-state index contributed by atoms with van der Waals surface area (Å²) in [5.74, 6) is 0. The van der Waals surface area contributed by atoms with E-state index in [9.17, 15) is 8.42 Å². The summed E-state index contributed by atoms with van der Waals surface area (Å²) in [4.78, 5) is 0.118. The third-order valence-corrected chi connectivity index (χ3v) is 4.37. The predicted octanol–water partition coefficient (Wildman–Crippen LogP) is 0.271. The van der Waals surface area contributed by atoms with Gasteiger partial charge in [0.2, 0.25) is 10.0 Å². The van der Waals surface area contributed by atoms with Gasteiger partial charge < -0.3 is 10.2 Å². The molecule has 1 aromatic carbocycles. The molecule has 0 aliphatic carbocycles. The molecule has 102 valence electrons. The van der Waals surface area contributed by atoms with Crippen molar-refractivity contribution in [3.63, 3.8) is 0 Å². The van der Waals surface area contributed by atoms with E-state index in [0.717, 1.165) is 12.0 Å². The Kier molecular flexibility index (Phi) is 4.86. The fourth-order valence-electron chi connectivity index (χ4n) is 1.40. The Balaban J connectivity index is 2.99. The molecule has 0 saturated heterocycles. The van der Waals surface area contributed by atoms with Gasteiger partial charge in [0.25, 0.3) is 0 Å². The molecule has 0 saturated carbocycles. The van der Waals surface area contributed by atoms with Crippen LogP contribution < -0.4 is 4.72 Å². The van der Waals surface area contributed by atoms with Gasteiger partial charge in [-0.1, -0.05) is 19.1 Å². The van der Waals surface area contributed by atoms with Crippen LogP contribution in [-0.2, 0) is 16.4 Å². The fourth-order valence-corrected chi connectivity index (χ4v) is 2.79. The molecule has 0 fully saturated rings. The van der Waals surface area contributed by atoms with E-state index in [0.29, 0.717) is 0 Å². The second-order valence-electron chi connectivity index (χ2n) is 4.48. The third-order valence-electron chi connectivity index (χ3n) is 2.72. The molecule has 0 aliphatic heterocycles. The number of aliphatic hydroxyl groups excluding tert-OH is 2. The minimum atomic E-state index is -3.74. The number of sulfonamides is 1. The van der Waals surface area contributed by atoms with Crippen LogP contribution >= 0.6 is 0 Å². The summed E-state index contributed by atoms with van der Waals surface area (Å²) in [5.41, 5.74) is -0.219. The highest BCUT2D eigenvalue weighted by Gasteiger charge is 2.29. The van der Waals surface area contributed by atoms with Gasteiger partial charge in [0.15, 0.2) is 0 Å². The molecule has 0 unspecified atom stereocenters. The van der Waals surface area contributed by atoms with Crippen molar-refractivity contribution >= 4 is 10.0 Å². The number of aliphatic hydroxyl groups is 2. The number of hydrogen-bond acceptors (Lipinski definition) is 4. The summed E-state index contributed by atoms with van der Waals surface area (Å²) < 4.78 is 26.4. The third kappa shape index (κ3) is 3.52. The van der Waals surface area contributed by atoms with Crippen LogP contribution in [-0.4, -0.2) is 37.4 Å². The van der Waals surface area contributed by atoms with Crippen molar-refractivity contribution in [3.05, 3.63) is 29.8 Å². The molecule has 0 heterocycles. The van der Waals surface area contributed by atoms with Crippen molar-refractivity contribution in [1.82, 2.24) is 4.72 Å². The Hall–Kier alpha value is -0.950. The smallest absolute Gasteiger partial charge is 0.241 e. The van der Waals surface area contributed by atoms with E-state index in [4.69, 9.17) is 10.2 Å². The van der Waals surface area contributed by atoms with Crippen LogP contribution in [0.1, 0.15) is 19.4 Å². The van der Waals surface area contributed by atoms with E-state index in [1.165, 1.54) is 19.1 Å². The lowest BCUT2D eigenvalue weighted by Gasteiger charge is -2.25. The van der Waals surface area contributed by atoms with Crippen LogP contribution in [0, 0.1) is 0 Å². The normalized spacial score (nSPS) is 12.7. The Bertz CT molecular complexity index is 477. The number of aryl methyl sites for hydroxylation is 1. The van der Waals surface area contributed by atoms with E-state index in [-0.39, 0.29) is 4.90 Å². The number of benzene rings is 1. The molecule has 0 spiro atoms. The fraction of sp³-hybridized carbons (Fsp3) is 0.500. The van der Waals surface area contributed by atoms with Gasteiger partial charge in [0, 0.05) is 0 Å². The largest absolute Gasteiger partial charge is 0.394 e. The predicted molar refractivity (Wildman–Crippen MR) is 68.7 cm³/mol. The highest BCUT2D eigenvalue weighted by atomic mass is 32.2. The number of nitrogens with one attached hydrogen (secondary N) is 1. The first-order valence-corrected chi connectivity index (χ1v) is 7.20. The van der Waals surface area contributed by atoms with Crippen LogP contribution in [0.2, 0.25) is 0 Å². The van der Waals surface area contributed by atoms with Crippen LogP contribution in [0.3, 0.4) is 0 Å². The molecule has 3 N–H and O–H groups in total. The first-order chi connectivity index (χ1) is 8.37. The van der Waals surface area contributed by atoms with Crippen molar-refractivity contribution in [1.29, 1.82) is 0 Å². The molecule has 0 aromatic heterocycles. The summed E-state index contributed by atoms with van der Waals surface area (Å²) in [6, 6.07) is 6.50. The first-order valence-electron chi connectivity index (χ1n) is 5.71. The monoisotopic (exact) mass is 273 g/mol. The van der Waals surface area contributed by atoms with Crippen LogP contribution in [0.15, 0.2) is 29.2 Å². The summed E-state index contributed by atoms with van der Waals surface area (Å²) >= 11 is 0. The van der Waals surface area contributed by atoms with Crippen molar-refractivity contribution in [2.24, 2.45) is 0 Å². The van der Waals surface area contributed by atoms with Gasteiger partial charge in [-0.25, -0.2) is 13.1 Å². The molecule has 0 aliphatic rings. The molecular formula is C12H19NO4S. The number of rotatable bonds is 6. The Labute approximate surface area is 108 Å². The van der Waals surface area contributed by atoms with E-state index >= 15 is 0 Å². The first kappa shape index (κ1) is 15.1. The summed E-state index contributed by atoms with van der Waals surface area (Å²) in [7, 11) is -3.74. The minimum absolute atomic E-state index is 0.118. The van der Waals surface area contributed by atoms with Gasteiger partial charge in [0.1, 0.15) is 0 Å². The molecular weight excluding hydrogens is 254 g/mol. The lowest BCUT2D eigenvalue weighted by molar-refractivity contribution is 0.122. The zero-order chi connectivity index (χ0) is 13.8. The molecule has 0 radical (unpaired) electrons. The van der Waals surface area contributed by atoms with Gasteiger partial charge in [-0.2, -0.15) is 0 Å². The van der Waals surface area contributed by atoms with E-state index in [1.807, 2.05) is 6.92 Å². The molecule has 0 bridgehead atoms. The van der Waals surface area contributed by atoms with Gasteiger partial charge >= 0.3 is 0 Å². The Morgan fingerprint density at radius 2 is 1.67 bits per heavy atom. The molecule has 0 amide bonds. The van der Waals surface area contributed by atoms with E-state index in [1.54, 1.807) is 12.1 Å². The average molecular weight is 273 g/mol. The molecule has 5 nitrogen and oxygen atoms in total. The van der Waals surface area contributed by atoms with E-state index in [2.05, 4.69) is 4.72 Å². The molecule has 6 heteroatoms. The van der Waals surface area contributed by atoms with Crippen molar-refractivity contribution < 1.29 is 18.6 Å². The second kappa shape index (κ2) is 5.79. The quantitative estimate of drug-likeness (QED) is 0.694. The zero-order valence-electron chi connectivity index (χ0n) is 10.5. The topological polar surface area (TPSA) is 86.6 Å². The van der Waals surface area contributed by atoms with Gasteiger partial charge in [-0.05, 0) is 31.0 Å². The summed E-state index contributed by atoms with van der Waals surface area (Å²) in [6.45, 7) is 2.47. The lowest BCUT2D eigenvalue weighted by atomic mass is 10.1. The summed E-state index contributed by atoms with van der Waals surface area (Å²) in [6.07, 6.45) is 0.832. The molecule has 1 rings (SSSR count). The number of hydrogen-bond donors (Lipinski definition) is 3. The van der Waals surface area contributed by atoms with Crippen LogP contribution in [0.5, 0.6) is 0 Å². The SMILES string of the molecule is CCc1ccc(S(=O)(=O)NC(C)(CO)CO)cc1. The van der Waals surface area contributed by atoms with Gasteiger partial charge in [-0.15, -0.1) is 0 Å². The highest BCUT2D eigenvalue weighted by molar-refractivity contribution is 7.89. The van der Waals surface area contributed by atoms with Gasteiger partial charge in [0.05, 0.1) is 23.6 Å². The standard InChI is InChI=1S/C12H19NO4S/c1-3-10-4-6-11(7-5-10)18(16,17)13-12(2,8-14)9-15/h4-7,13-15H,3,8-9H2,1-2H3. The average Bonchev–Trinajstić information content (AvgIpc) is 2.38. The maximum atomic E-state index is 12.0. The van der Waals surface area contributed by atoms with Gasteiger partial charge in [-0.3, -0.25) is 0 Å². The summed E-state index contributed by atoms with van der Waals surface area (Å²) in [5, 5.41) is 18.2. The Morgan fingerprint density at radius 1 is 1.17 bits per heavy atom. The maximum absolute atomic E-state index is 12.0. The molecule has 0 atom stereocenters. The Morgan fingerprint density at radius 3 is 2.06 bits per heavy atom. The maximum Gasteiger partial charge on any atom is 0.241 e. The zero-order valence-corrected chi connectivity index (χ0v) is 11.4. The van der Waals surface area contributed by atoms with Crippen LogP contribution in [0.4, 0.5) is 0 Å². The van der Waals surface area contributed by atoms with Crippen molar-refractivity contribution in [3.8, 4) is 0 Å². The van der Waals surface area contributed by atoms with Crippen molar-refractivity contribution in [2.75, 3.05) is 13.2 Å². The minimum Gasteiger partial charge on any atom is -0.394 e. The molecule has 1 aromatic rings.